The van der Waals surface area contributed by atoms with Gasteiger partial charge in [-0.2, -0.15) is 0 Å². The van der Waals surface area contributed by atoms with Gasteiger partial charge < -0.3 is 5.32 Å². The molecule has 0 radical (unpaired) electrons. The monoisotopic (exact) mass is 305 g/mol. The van der Waals surface area contributed by atoms with Crippen LogP contribution in [0.1, 0.15) is 56.2 Å². The Morgan fingerprint density at radius 2 is 2.14 bits per heavy atom. The van der Waals surface area contributed by atoms with Gasteiger partial charge in [0.1, 0.15) is 5.01 Å². The highest BCUT2D eigenvalue weighted by atomic mass is 32.1. The van der Waals surface area contributed by atoms with Crippen molar-refractivity contribution >= 4 is 11.3 Å². The first-order valence-electron chi connectivity index (χ1n) is 8.51. The zero-order valence-corrected chi connectivity index (χ0v) is 14.1. The van der Waals surface area contributed by atoms with E-state index in [9.17, 15) is 0 Å². The molecule has 1 N–H and O–H groups in total. The summed E-state index contributed by atoms with van der Waals surface area (Å²) in [5.41, 5.74) is 1.92. The van der Waals surface area contributed by atoms with E-state index in [1.807, 2.05) is 11.3 Å². The fourth-order valence-corrected chi connectivity index (χ4v) is 5.24. The fourth-order valence-electron chi connectivity index (χ4n) is 4.45. The third-order valence-electron chi connectivity index (χ3n) is 6.05. The van der Waals surface area contributed by atoms with Crippen molar-refractivity contribution in [3.8, 4) is 0 Å². The Kier molecular flexibility index (Phi) is 3.40. The molecule has 1 aliphatic heterocycles. The molecule has 0 amide bonds. The van der Waals surface area contributed by atoms with E-state index in [0.29, 0.717) is 11.1 Å². The lowest BCUT2D eigenvalue weighted by Crippen LogP contribution is -2.68. The van der Waals surface area contributed by atoms with Gasteiger partial charge in [0, 0.05) is 35.2 Å². The number of thiazole rings is 1. The molecule has 4 heteroatoms. The van der Waals surface area contributed by atoms with Crippen molar-refractivity contribution in [1.29, 1.82) is 0 Å². The molecule has 1 aromatic rings. The molecule has 21 heavy (non-hydrogen) atoms. The summed E-state index contributed by atoms with van der Waals surface area (Å²) < 4.78 is 0. The highest BCUT2D eigenvalue weighted by Crippen LogP contribution is 2.47. The van der Waals surface area contributed by atoms with E-state index in [2.05, 4.69) is 29.4 Å². The van der Waals surface area contributed by atoms with Crippen LogP contribution in [0.3, 0.4) is 0 Å². The quantitative estimate of drug-likeness (QED) is 0.928. The minimum Gasteiger partial charge on any atom is -0.308 e. The van der Waals surface area contributed by atoms with Crippen LogP contribution in [-0.2, 0) is 6.54 Å². The van der Waals surface area contributed by atoms with E-state index in [-0.39, 0.29) is 0 Å². The number of aromatic nitrogens is 1. The summed E-state index contributed by atoms with van der Waals surface area (Å²) in [7, 11) is 0. The zero-order chi connectivity index (χ0) is 14.5. The molecule has 1 unspecified atom stereocenters. The molecule has 2 saturated carbocycles. The molecule has 1 atom stereocenters. The summed E-state index contributed by atoms with van der Waals surface area (Å²) in [6.07, 6.45) is 8.36. The van der Waals surface area contributed by atoms with Crippen LogP contribution in [0, 0.1) is 12.8 Å². The van der Waals surface area contributed by atoms with E-state index in [0.717, 1.165) is 12.5 Å². The van der Waals surface area contributed by atoms with Gasteiger partial charge in [-0.25, -0.2) is 4.98 Å². The van der Waals surface area contributed by atoms with Crippen molar-refractivity contribution in [1.82, 2.24) is 15.2 Å². The predicted octanol–water partition coefficient (Wildman–Crippen LogP) is 3.34. The first kappa shape index (κ1) is 14.2. The van der Waals surface area contributed by atoms with E-state index in [4.69, 9.17) is 4.98 Å². The Hall–Kier alpha value is -0.450. The van der Waals surface area contributed by atoms with E-state index in [1.165, 1.54) is 62.3 Å². The van der Waals surface area contributed by atoms with E-state index in [1.54, 1.807) is 0 Å². The largest absolute Gasteiger partial charge is 0.308 e. The van der Waals surface area contributed by atoms with Gasteiger partial charge in [0.2, 0.25) is 0 Å². The fraction of sp³-hybridized carbons (Fsp3) is 0.824. The first-order chi connectivity index (χ1) is 10.1. The van der Waals surface area contributed by atoms with E-state index >= 15 is 0 Å². The molecular formula is C17H27N3S. The Labute approximate surface area is 132 Å². The van der Waals surface area contributed by atoms with Crippen molar-refractivity contribution in [2.45, 2.75) is 70.0 Å². The van der Waals surface area contributed by atoms with Crippen LogP contribution < -0.4 is 5.32 Å². The molecule has 3 aliphatic rings. The summed E-state index contributed by atoms with van der Waals surface area (Å²) >= 11 is 1.83. The highest BCUT2D eigenvalue weighted by Gasteiger charge is 2.52. The van der Waals surface area contributed by atoms with Gasteiger partial charge in [0.05, 0.1) is 6.54 Å². The Morgan fingerprint density at radius 1 is 1.38 bits per heavy atom. The van der Waals surface area contributed by atoms with Crippen molar-refractivity contribution in [2.24, 2.45) is 5.92 Å². The second-order valence-corrected chi connectivity index (χ2v) is 8.65. The molecule has 3 fully saturated rings. The minimum atomic E-state index is 0.341. The second-order valence-electron chi connectivity index (χ2n) is 7.71. The Bertz CT molecular complexity index is 516. The number of hydrogen-bond acceptors (Lipinski definition) is 4. The number of piperazine rings is 1. The number of nitrogens with zero attached hydrogens (tertiary/aromatic N) is 2. The molecule has 0 bridgehead atoms. The van der Waals surface area contributed by atoms with Gasteiger partial charge in [0.15, 0.2) is 0 Å². The predicted molar refractivity (Wildman–Crippen MR) is 87.6 cm³/mol. The van der Waals surface area contributed by atoms with Gasteiger partial charge in [0.25, 0.3) is 0 Å². The maximum atomic E-state index is 4.72. The summed E-state index contributed by atoms with van der Waals surface area (Å²) in [5, 5.41) is 7.46. The molecule has 1 saturated heterocycles. The molecule has 3 nitrogen and oxygen atoms in total. The summed E-state index contributed by atoms with van der Waals surface area (Å²) in [5.74, 6) is 0.893. The van der Waals surface area contributed by atoms with Crippen LogP contribution in [0.4, 0.5) is 0 Å². The maximum absolute atomic E-state index is 4.72. The molecule has 1 aromatic heterocycles. The average molecular weight is 305 g/mol. The molecule has 116 valence electrons. The van der Waals surface area contributed by atoms with Crippen LogP contribution >= 0.6 is 11.3 Å². The van der Waals surface area contributed by atoms with Crippen molar-refractivity contribution in [2.75, 3.05) is 13.1 Å². The third-order valence-corrected chi connectivity index (χ3v) is 7.00. The van der Waals surface area contributed by atoms with Gasteiger partial charge in [-0.15, -0.1) is 11.3 Å². The zero-order valence-electron chi connectivity index (χ0n) is 13.3. The van der Waals surface area contributed by atoms with Crippen molar-refractivity contribution < 1.29 is 0 Å². The number of aryl methyl sites for hydroxylation is 1. The number of nitrogens with one attached hydrogen (secondary N) is 1. The van der Waals surface area contributed by atoms with Gasteiger partial charge in [-0.3, -0.25) is 4.90 Å². The molecule has 2 heterocycles. The summed E-state index contributed by atoms with van der Waals surface area (Å²) in [4.78, 5) is 7.50. The summed E-state index contributed by atoms with van der Waals surface area (Å²) in [6.45, 7) is 8.03. The van der Waals surface area contributed by atoms with Gasteiger partial charge in [-0.1, -0.05) is 12.8 Å². The van der Waals surface area contributed by atoms with Gasteiger partial charge >= 0.3 is 0 Å². The maximum Gasteiger partial charge on any atom is 0.107 e. The average Bonchev–Trinajstić information content (AvgIpc) is 3.11. The Morgan fingerprint density at radius 3 is 2.76 bits per heavy atom. The lowest BCUT2D eigenvalue weighted by atomic mass is 9.83. The minimum absolute atomic E-state index is 0.341. The van der Waals surface area contributed by atoms with Gasteiger partial charge in [-0.05, 0) is 45.4 Å². The number of hydrogen-bond donors (Lipinski definition) is 1. The second kappa shape index (κ2) is 5.04. The van der Waals surface area contributed by atoms with Crippen LogP contribution in [0.25, 0.3) is 0 Å². The molecule has 0 aromatic carbocycles. The topological polar surface area (TPSA) is 28.2 Å². The Balaban J connectivity index is 1.57. The van der Waals surface area contributed by atoms with Crippen LogP contribution in [0.2, 0.25) is 0 Å². The van der Waals surface area contributed by atoms with Crippen LogP contribution in [0.5, 0.6) is 0 Å². The smallest absolute Gasteiger partial charge is 0.107 e. The standard InChI is InChI=1S/C17H27N3S/c1-13-10-21-15(19-13)9-20-12-17(7-3-4-8-17)18-11-16(20,2)14-5-6-14/h10,14,18H,3-9,11-12H2,1-2H3. The summed E-state index contributed by atoms with van der Waals surface area (Å²) in [6, 6.07) is 0. The third kappa shape index (κ3) is 2.55. The van der Waals surface area contributed by atoms with Crippen LogP contribution in [-0.4, -0.2) is 34.1 Å². The van der Waals surface area contributed by atoms with Crippen LogP contribution in [0.15, 0.2) is 5.38 Å². The molecule has 4 rings (SSSR count). The van der Waals surface area contributed by atoms with Crippen molar-refractivity contribution in [3.63, 3.8) is 0 Å². The highest BCUT2D eigenvalue weighted by molar-refractivity contribution is 7.09. The lowest BCUT2D eigenvalue weighted by molar-refractivity contribution is -0.00386. The lowest BCUT2D eigenvalue weighted by Gasteiger charge is -2.52. The normalized spacial score (nSPS) is 32.9. The van der Waals surface area contributed by atoms with Crippen molar-refractivity contribution in [3.05, 3.63) is 16.1 Å². The van der Waals surface area contributed by atoms with E-state index < -0.39 is 0 Å². The molecule has 2 aliphatic carbocycles. The SMILES string of the molecule is Cc1csc(CN2CC3(CCCC3)NCC2(C)C2CC2)n1. The molecule has 1 spiro atoms. The number of rotatable bonds is 3. The first-order valence-corrected chi connectivity index (χ1v) is 9.39. The molecular weight excluding hydrogens is 278 g/mol.